The number of piperidine rings is 1. The minimum Gasteiger partial charge on any atom is -0.366 e. The fourth-order valence-electron chi connectivity index (χ4n) is 6.31. The summed E-state index contributed by atoms with van der Waals surface area (Å²) in [7, 11) is 0. The maximum atomic E-state index is 14.8. The third kappa shape index (κ3) is 8.28. The van der Waals surface area contributed by atoms with E-state index in [1.807, 2.05) is 0 Å². The van der Waals surface area contributed by atoms with E-state index in [4.69, 9.17) is 11.1 Å². The Morgan fingerprint density at radius 1 is 0.841 bits per heavy atom. The molecule has 0 aromatic heterocycles. The molecule has 0 bridgehead atoms. The number of hydrogen-bond acceptors (Lipinski definition) is 7. The zero-order chi connectivity index (χ0) is 30.3. The van der Waals surface area contributed by atoms with Crippen molar-refractivity contribution in [3.63, 3.8) is 0 Å². The quantitative estimate of drug-likeness (QED) is 0.375. The van der Waals surface area contributed by atoms with Gasteiger partial charge in [-0.3, -0.25) is 19.3 Å². The molecule has 3 saturated heterocycles. The summed E-state index contributed by atoms with van der Waals surface area (Å²) in [5.74, 6) is -0.914. The van der Waals surface area contributed by atoms with Crippen LogP contribution in [0.4, 0.5) is 4.39 Å². The lowest BCUT2D eigenvalue weighted by Gasteiger charge is -2.38. The number of rotatable bonds is 9. The molecular weight excluding hydrogens is 561 g/mol. The van der Waals surface area contributed by atoms with Crippen molar-refractivity contribution in [1.29, 1.82) is 5.41 Å². The van der Waals surface area contributed by atoms with Crippen molar-refractivity contribution in [3.05, 3.63) is 70.5 Å². The van der Waals surface area contributed by atoms with E-state index in [-0.39, 0.29) is 36.6 Å². The maximum Gasteiger partial charge on any atom is 0.256 e. The standard InChI is InChI=1S/C32H42FN7O3.CH4/c33-28-6-5-24(20-29(34)25-3-1-2-4-26(25)31(35)42)19-27(28)32(43)40-17-15-39(16-18-40)30(41)22-37-11-7-23(8-12-37)21-38-13-9-36-10-14-38;/h1-6,19,23,34,36H,7-18,20-22H2,(H2,35,42);1H4. The molecule has 2 aromatic rings. The molecule has 0 unspecified atom stereocenters. The molecule has 2 aromatic carbocycles. The molecule has 3 amide bonds. The maximum absolute atomic E-state index is 14.8. The van der Waals surface area contributed by atoms with Crippen LogP contribution in [0.1, 0.15) is 52.1 Å². The molecule has 5 rings (SSSR count). The van der Waals surface area contributed by atoms with Crippen LogP contribution in [0, 0.1) is 17.1 Å². The summed E-state index contributed by atoms with van der Waals surface area (Å²) in [6.45, 7) is 9.27. The number of carbonyl (C=O) groups is 3. The second kappa shape index (κ2) is 15.4. The molecule has 3 heterocycles. The number of primary amides is 1. The normalized spacial score (nSPS) is 18.5. The van der Waals surface area contributed by atoms with Crippen LogP contribution in [0.3, 0.4) is 0 Å². The van der Waals surface area contributed by atoms with Crippen LogP contribution in [-0.2, 0) is 11.2 Å². The van der Waals surface area contributed by atoms with Crippen LogP contribution >= 0.6 is 0 Å². The average Bonchev–Trinajstić information content (AvgIpc) is 3.03. The Hall–Kier alpha value is -3.67. The van der Waals surface area contributed by atoms with Gasteiger partial charge in [0.25, 0.3) is 5.91 Å². The molecule has 3 fully saturated rings. The van der Waals surface area contributed by atoms with Gasteiger partial charge in [-0.15, -0.1) is 0 Å². The van der Waals surface area contributed by atoms with Gasteiger partial charge in [0.05, 0.1) is 12.1 Å². The topological polar surface area (TPSA) is 126 Å². The molecule has 11 heteroatoms. The van der Waals surface area contributed by atoms with Crippen LogP contribution in [0.2, 0.25) is 0 Å². The largest absolute Gasteiger partial charge is 0.366 e. The minimum absolute atomic E-state index is 0. The number of likely N-dealkylation sites (tertiary alicyclic amines) is 1. The van der Waals surface area contributed by atoms with Crippen molar-refractivity contribution < 1.29 is 18.8 Å². The Balaban J connectivity index is 0.00000442. The average molecular weight is 608 g/mol. The highest BCUT2D eigenvalue weighted by atomic mass is 19.1. The van der Waals surface area contributed by atoms with E-state index in [1.165, 1.54) is 18.2 Å². The number of amides is 3. The number of nitrogens with one attached hydrogen (secondary N) is 2. The van der Waals surface area contributed by atoms with Crippen LogP contribution in [0.15, 0.2) is 42.5 Å². The van der Waals surface area contributed by atoms with Gasteiger partial charge >= 0.3 is 0 Å². The van der Waals surface area contributed by atoms with Gasteiger partial charge in [0, 0.05) is 82.2 Å². The molecule has 238 valence electrons. The lowest BCUT2D eigenvalue weighted by atomic mass is 9.96. The number of piperazine rings is 2. The molecule has 10 nitrogen and oxygen atoms in total. The fourth-order valence-corrected chi connectivity index (χ4v) is 6.31. The summed E-state index contributed by atoms with van der Waals surface area (Å²) < 4.78 is 14.8. The number of nitrogens with two attached hydrogens (primary N) is 1. The predicted molar refractivity (Wildman–Crippen MR) is 170 cm³/mol. The van der Waals surface area contributed by atoms with Crippen molar-refractivity contribution in [2.45, 2.75) is 26.7 Å². The summed E-state index contributed by atoms with van der Waals surface area (Å²) in [5, 5.41) is 11.9. The predicted octanol–water partition coefficient (Wildman–Crippen LogP) is 2.07. The highest BCUT2D eigenvalue weighted by molar-refractivity contribution is 6.09. The van der Waals surface area contributed by atoms with Crippen molar-refractivity contribution in [3.8, 4) is 0 Å². The number of halogens is 1. The van der Waals surface area contributed by atoms with E-state index in [2.05, 4.69) is 15.1 Å². The van der Waals surface area contributed by atoms with Crippen molar-refractivity contribution >= 4 is 23.4 Å². The van der Waals surface area contributed by atoms with Gasteiger partial charge in [0.15, 0.2) is 0 Å². The molecule has 0 saturated carbocycles. The second-order valence-electron chi connectivity index (χ2n) is 11.8. The van der Waals surface area contributed by atoms with Crippen LogP contribution in [0.5, 0.6) is 0 Å². The molecule has 4 N–H and O–H groups in total. The smallest absolute Gasteiger partial charge is 0.256 e. The molecule has 3 aliphatic rings. The monoisotopic (exact) mass is 607 g/mol. The highest BCUT2D eigenvalue weighted by Crippen LogP contribution is 2.20. The van der Waals surface area contributed by atoms with Gasteiger partial charge in [-0.25, -0.2) is 4.39 Å². The molecule has 0 radical (unpaired) electrons. The number of carbonyl (C=O) groups excluding carboxylic acids is 3. The second-order valence-corrected chi connectivity index (χ2v) is 11.8. The first-order valence-electron chi connectivity index (χ1n) is 15.3. The van der Waals surface area contributed by atoms with E-state index < -0.39 is 17.6 Å². The molecular formula is C33H46FN7O3. The minimum atomic E-state index is -0.628. The summed E-state index contributed by atoms with van der Waals surface area (Å²) in [5.41, 5.74) is 6.78. The molecule has 3 aliphatic heterocycles. The Bertz CT molecular complexity index is 1330. The lowest BCUT2D eigenvalue weighted by Crippen LogP contribution is -2.53. The van der Waals surface area contributed by atoms with Crippen LogP contribution in [-0.4, -0.2) is 122 Å². The van der Waals surface area contributed by atoms with E-state index in [9.17, 15) is 18.8 Å². The van der Waals surface area contributed by atoms with E-state index >= 15 is 0 Å². The summed E-state index contributed by atoms with van der Waals surface area (Å²) in [4.78, 5) is 46.3. The fraction of sp³-hybridized carbons (Fsp3) is 0.515. The number of hydrogen-bond donors (Lipinski definition) is 3. The van der Waals surface area contributed by atoms with Gasteiger partial charge in [-0.2, -0.15) is 0 Å². The number of nitrogens with zero attached hydrogens (tertiary/aromatic N) is 4. The molecule has 0 spiro atoms. The van der Waals surface area contributed by atoms with Crippen molar-refractivity contribution in [2.75, 3.05) is 78.5 Å². The summed E-state index contributed by atoms with van der Waals surface area (Å²) >= 11 is 0. The first-order chi connectivity index (χ1) is 20.8. The van der Waals surface area contributed by atoms with Crippen LogP contribution in [0.25, 0.3) is 0 Å². The van der Waals surface area contributed by atoms with E-state index in [0.717, 1.165) is 58.7 Å². The van der Waals surface area contributed by atoms with E-state index in [1.54, 1.807) is 34.1 Å². The summed E-state index contributed by atoms with van der Waals surface area (Å²) in [6.07, 6.45) is 2.34. The van der Waals surface area contributed by atoms with Crippen molar-refractivity contribution in [1.82, 2.24) is 24.9 Å². The van der Waals surface area contributed by atoms with Crippen molar-refractivity contribution in [2.24, 2.45) is 11.7 Å². The molecule has 44 heavy (non-hydrogen) atoms. The van der Waals surface area contributed by atoms with Gasteiger partial charge in [0.2, 0.25) is 11.8 Å². The molecule has 0 atom stereocenters. The Morgan fingerprint density at radius 2 is 1.48 bits per heavy atom. The Morgan fingerprint density at radius 3 is 2.14 bits per heavy atom. The lowest BCUT2D eigenvalue weighted by molar-refractivity contribution is -0.134. The van der Waals surface area contributed by atoms with Gasteiger partial charge in [-0.05, 0) is 55.6 Å². The Kier molecular flexibility index (Phi) is 11.6. The highest BCUT2D eigenvalue weighted by Gasteiger charge is 2.29. The SMILES string of the molecule is C.N=C(Cc1ccc(F)c(C(=O)N2CCN(C(=O)CN3CCC(CN4CCNCC4)CC3)CC2)c1)c1ccccc1C(N)=O. The van der Waals surface area contributed by atoms with E-state index in [0.29, 0.717) is 49.8 Å². The first kappa shape index (κ1) is 33.2. The third-order valence-corrected chi connectivity index (χ3v) is 8.87. The number of benzene rings is 2. The molecule has 0 aliphatic carbocycles. The Labute approximate surface area is 259 Å². The summed E-state index contributed by atoms with van der Waals surface area (Å²) in [6, 6.07) is 10.9. The third-order valence-electron chi connectivity index (χ3n) is 8.87. The first-order valence-corrected chi connectivity index (χ1v) is 15.3. The zero-order valence-corrected chi connectivity index (χ0v) is 24.7. The van der Waals surface area contributed by atoms with Gasteiger partial charge < -0.3 is 31.2 Å². The van der Waals surface area contributed by atoms with Gasteiger partial charge in [0.1, 0.15) is 5.82 Å². The van der Waals surface area contributed by atoms with Crippen LogP contribution < -0.4 is 11.1 Å². The zero-order valence-electron chi connectivity index (χ0n) is 24.7. The van der Waals surface area contributed by atoms with Gasteiger partial charge in [-0.1, -0.05) is 31.7 Å².